The molecule has 9 heteroatoms. The maximum Gasteiger partial charge on any atom is 0.191 e. The zero-order valence-corrected chi connectivity index (χ0v) is 19.9. The van der Waals surface area contributed by atoms with E-state index < -0.39 is 17.7 Å². The number of aliphatic imine (C=N–C) groups is 1. The molecule has 0 aliphatic rings. The Morgan fingerprint density at radius 3 is 2.34 bits per heavy atom. The molecule has 0 bridgehead atoms. The number of aryl methyl sites for hydroxylation is 2. The summed E-state index contributed by atoms with van der Waals surface area (Å²) >= 11 is 0. The van der Waals surface area contributed by atoms with Gasteiger partial charge in [-0.2, -0.15) is 0 Å². The van der Waals surface area contributed by atoms with Gasteiger partial charge in [0.2, 0.25) is 0 Å². The van der Waals surface area contributed by atoms with E-state index in [0.29, 0.717) is 12.5 Å². The molecule has 6 nitrogen and oxygen atoms in total. The van der Waals surface area contributed by atoms with E-state index in [4.69, 9.17) is 4.52 Å². The Labute approximate surface area is 188 Å². The number of hydrogen-bond donors (Lipinski definition) is 2. The minimum absolute atomic E-state index is 0. The van der Waals surface area contributed by atoms with Gasteiger partial charge in [-0.25, -0.2) is 8.78 Å². The molecular weight excluding hydrogens is 491 g/mol. The first-order chi connectivity index (χ1) is 13.4. The van der Waals surface area contributed by atoms with Crippen LogP contribution in [0.15, 0.2) is 27.7 Å². The van der Waals surface area contributed by atoms with E-state index in [1.807, 2.05) is 13.8 Å². The topological polar surface area (TPSA) is 65.7 Å². The molecular formula is C20H30F2IN5O. The third kappa shape index (κ3) is 6.36. The molecule has 2 aromatic rings. The van der Waals surface area contributed by atoms with Crippen molar-refractivity contribution in [3.8, 4) is 0 Å². The molecule has 0 spiro atoms. The lowest BCUT2D eigenvalue weighted by atomic mass is 10.0. The van der Waals surface area contributed by atoms with E-state index in [0.717, 1.165) is 29.9 Å². The number of nitrogens with one attached hydrogen (secondary N) is 2. The first kappa shape index (κ1) is 25.3. The highest BCUT2D eigenvalue weighted by atomic mass is 127. The Kier molecular flexibility index (Phi) is 10.5. The number of aromatic nitrogens is 1. The van der Waals surface area contributed by atoms with Crippen molar-refractivity contribution in [2.45, 2.75) is 39.3 Å². The van der Waals surface area contributed by atoms with Crippen LogP contribution in [0.5, 0.6) is 0 Å². The van der Waals surface area contributed by atoms with Crippen molar-refractivity contribution in [3.63, 3.8) is 0 Å². The number of halogens is 3. The van der Waals surface area contributed by atoms with Crippen LogP contribution in [0.2, 0.25) is 0 Å². The molecule has 0 aliphatic carbocycles. The first-order valence-corrected chi connectivity index (χ1v) is 9.43. The molecule has 2 N–H and O–H groups in total. The molecule has 1 aromatic heterocycles. The second-order valence-corrected chi connectivity index (χ2v) is 6.66. The maximum atomic E-state index is 14.2. The third-order valence-corrected chi connectivity index (χ3v) is 4.68. The van der Waals surface area contributed by atoms with Gasteiger partial charge < -0.3 is 20.1 Å². The lowest BCUT2D eigenvalue weighted by Gasteiger charge is -2.26. The zero-order valence-electron chi connectivity index (χ0n) is 17.6. The number of hydrogen-bond acceptors (Lipinski definition) is 4. The normalized spacial score (nSPS) is 12.6. The minimum Gasteiger partial charge on any atom is -0.361 e. The van der Waals surface area contributed by atoms with E-state index in [1.54, 1.807) is 26.0 Å². The van der Waals surface area contributed by atoms with Gasteiger partial charge in [0.15, 0.2) is 5.96 Å². The number of guanidine groups is 1. The Balaban J connectivity index is 0.00000420. The molecule has 2 rings (SSSR count). The molecule has 0 saturated carbocycles. The SMILES string of the molecule is CCc1noc(CC)c1CNC(=NC)NCC(c1c(F)cccc1F)N(C)C.I. The highest BCUT2D eigenvalue weighted by Crippen LogP contribution is 2.24. The van der Waals surface area contributed by atoms with Crippen molar-refractivity contribution in [1.29, 1.82) is 0 Å². The van der Waals surface area contributed by atoms with Gasteiger partial charge in [0.05, 0.1) is 11.7 Å². The predicted octanol–water partition coefficient (Wildman–Crippen LogP) is 3.66. The summed E-state index contributed by atoms with van der Waals surface area (Å²) in [6.07, 6.45) is 1.53. The first-order valence-electron chi connectivity index (χ1n) is 9.43. The van der Waals surface area contributed by atoms with Crippen LogP contribution in [0.3, 0.4) is 0 Å². The standard InChI is InChI=1S/C20H29F2N5O.HI/c1-6-16-13(18(7-2)28-26-16)11-24-20(23-3)25-12-17(27(4)5)19-14(21)9-8-10-15(19)22;/h8-10,17H,6-7,11-12H2,1-5H3,(H2,23,24,25);1H. The average molecular weight is 521 g/mol. The largest absolute Gasteiger partial charge is 0.361 e. The van der Waals surface area contributed by atoms with Crippen molar-refractivity contribution >= 4 is 29.9 Å². The maximum absolute atomic E-state index is 14.2. The van der Waals surface area contributed by atoms with E-state index in [-0.39, 0.29) is 36.1 Å². The van der Waals surface area contributed by atoms with E-state index in [2.05, 4.69) is 20.8 Å². The van der Waals surface area contributed by atoms with Crippen LogP contribution >= 0.6 is 24.0 Å². The molecule has 0 radical (unpaired) electrons. The lowest BCUT2D eigenvalue weighted by Crippen LogP contribution is -2.42. The Morgan fingerprint density at radius 1 is 1.17 bits per heavy atom. The van der Waals surface area contributed by atoms with E-state index in [1.165, 1.54) is 18.2 Å². The zero-order chi connectivity index (χ0) is 20.7. The fourth-order valence-corrected chi connectivity index (χ4v) is 3.10. The van der Waals surface area contributed by atoms with Gasteiger partial charge >= 0.3 is 0 Å². The van der Waals surface area contributed by atoms with Crippen molar-refractivity contribution < 1.29 is 13.3 Å². The summed E-state index contributed by atoms with van der Waals surface area (Å²) in [6.45, 7) is 4.84. The fraction of sp³-hybridized carbons (Fsp3) is 0.500. The highest BCUT2D eigenvalue weighted by molar-refractivity contribution is 14.0. The van der Waals surface area contributed by atoms with E-state index in [9.17, 15) is 8.78 Å². The summed E-state index contributed by atoms with van der Waals surface area (Å²) in [4.78, 5) is 5.98. The molecule has 1 unspecified atom stereocenters. The van der Waals surface area contributed by atoms with Crippen LogP contribution in [0, 0.1) is 11.6 Å². The summed E-state index contributed by atoms with van der Waals surface area (Å²) in [5.41, 5.74) is 1.98. The molecule has 0 amide bonds. The second-order valence-electron chi connectivity index (χ2n) is 6.66. The van der Waals surface area contributed by atoms with Crippen molar-refractivity contribution in [1.82, 2.24) is 20.7 Å². The Morgan fingerprint density at radius 2 is 1.83 bits per heavy atom. The predicted molar refractivity (Wildman–Crippen MR) is 122 cm³/mol. The average Bonchev–Trinajstić information content (AvgIpc) is 3.07. The summed E-state index contributed by atoms with van der Waals surface area (Å²) in [5, 5.41) is 10.5. The van der Waals surface area contributed by atoms with Crippen LogP contribution in [-0.4, -0.2) is 43.7 Å². The van der Waals surface area contributed by atoms with Crippen LogP contribution in [0.4, 0.5) is 8.78 Å². The quantitative estimate of drug-likeness (QED) is 0.316. The number of likely N-dealkylation sites (N-methyl/N-ethyl adjacent to an activating group) is 1. The van der Waals surface area contributed by atoms with Crippen LogP contribution in [-0.2, 0) is 19.4 Å². The van der Waals surface area contributed by atoms with Gasteiger partial charge in [0, 0.05) is 37.7 Å². The smallest absolute Gasteiger partial charge is 0.191 e. The van der Waals surface area contributed by atoms with Gasteiger partial charge in [-0.1, -0.05) is 25.1 Å². The van der Waals surface area contributed by atoms with Gasteiger partial charge in [-0.3, -0.25) is 4.99 Å². The number of nitrogens with zero attached hydrogens (tertiary/aromatic N) is 3. The summed E-state index contributed by atoms with van der Waals surface area (Å²) in [7, 11) is 5.22. The van der Waals surface area contributed by atoms with Crippen LogP contribution in [0.25, 0.3) is 0 Å². The Hall–Kier alpha value is -1.75. The van der Waals surface area contributed by atoms with E-state index >= 15 is 0 Å². The molecule has 29 heavy (non-hydrogen) atoms. The lowest BCUT2D eigenvalue weighted by molar-refractivity contribution is 0.282. The molecule has 1 atom stereocenters. The molecule has 1 aromatic carbocycles. The minimum atomic E-state index is -0.562. The molecule has 0 fully saturated rings. The molecule has 1 heterocycles. The third-order valence-electron chi connectivity index (χ3n) is 4.68. The van der Waals surface area contributed by atoms with Gasteiger partial charge in [-0.15, -0.1) is 24.0 Å². The van der Waals surface area contributed by atoms with Gasteiger partial charge in [0.1, 0.15) is 17.4 Å². The molecule has 162 valence electrons. The number of benzene rings is 1. The second kappa shape index (κ2) is 12.1. The van der Waals surface area contributed by atoms with Crippen LogP contribution in [0.1, 0.15) is 42.5 Å². The summed E-state index contributed by atoms with van der Waals surface area (Å²) in [6, 6.07) is 3.41. The van der Waals surface area contributed by atoms with Crippen molar-refractivity contribution in [2.75, 3.05) is 27.7 Å². The molecule has 0 aliphatic heterocycles. The monoisotopic (exact) mass is 521 g/mol. The summed E-state index contributed by atoms with van der Waals surface area (Å²) in [5.74, 6) is 0.259. The highest BCUT2D eigenvalue weighted by Gasteiger charge is 2.22. The Bertz CT molecular complexity index is 768. The fourth-order valence-electron chi connectivity index (χ4n) is 3.10. The number of rotatable bonds is 8. The molecule has 0 saturated heterocycles. The van der Waals surface area contributed by atoms with Crippen molar-refractivity contribution in [2.24, 2.45) is 4.99 Å². The van der Waals surface area contributed by atoms with Gasteiger partial charge in [-0.05, 0) is 32.6 Å². The van der Waals surface area contributed by atoms with Crippen molar-refractivity contribution in [3.05, 3.63) is 52.4 Å². The van der Waals surface area contributed by atoms with Crippen LogP contribution < -0.4 is 10.6 Å². The van der Waals surface area contributed by atoms with Gasteiger partial charge in [0.25, 0.3) is 0 Å². The summed E-state index contributed by atoms with van der Waals surface area (Å²) < 4.78 is 33.8.